The number of methoxy groups -OCH3 is 1. The van der Waals surface area contributed by atoms with Crippen LogP contribution in [0.3, 0.4) is 0 Å². The van der Waals surface area contributed by atoms with Gasteiger partial charge in [0.15, 0.2) is 0 Å². The van der Waals surface area contributed by atoms with Gasteiger partial charge in [0.2, 0.25) is 0 Å². The van der Waals surface area contributed by atoms with Crippen LogP contribution in [0.4, 0.5) is 0 Å². The molecule has 1 saturated heterocycles. The van der Waals surface area contributed by atoms with Crippen molar-refractivity contribution in [2.24, 2.45) is 0 Å². The first-order valence-electron chi connectivity index (χ1n) is 14.5. The largest absolute Gasteiger partial charge is 0.480 e. The average molecular weight is 585 g/mol. The first-order valence-corrected chi connectivity index (χ1v) is 16.8. The highest BCUT2D eigenvalue weighted by Gasteiger charge is 2.34. The number of ether oxygens (including phenoxy) is 1. The minimum absolute atomic E-state index is 0.347. The van der Waals surface area contributed by atoms with Crippen LogP contribution in [-0.4, -0.2) is 76.7 Å². The highest BCUT2D eigenvalue weighted by molar-refractivity contribution is 8.00. The molecule has 1 saturated carbocycles. The minimum atomic E-state index is -1.00. The van der Waals surface area contributed by atoms with E-state index in [2.05, 4.69) is 28.0 Å². The highest BCUT2D eigenvalue weighted by atomic mass is 32.2. The van der Waals surface area contributed by atoms with E-state index in [9.17, 15) is 14.7 Å². The Labute approximate surface area is 248 Å². The lowest BCUT2D eigenvalue weighted by Crippen LogP contribution is -2.41. The van der Waals surface area contributed by atoms with Gasteiger partial charge in [0.05, 0.1) is 6.61 Å². The normalized spacial score (nSPS) is 20.9. The van der Waals surface area contributed by atoms with Crippen molar-refractivity contribution >= 4 is 35.4 Å². The van der Waals surface area contributed by atoms with E-state index in [-0.39, 0.29) is 5.91 Å². The molecule has 1 heterocycles. The second-order valence-corrected chi connectivity index (χ2v) is 13.7. The third kappa shape index (κ3) is 8.28. The Kier molecular flexibility index (Phi) is 11.8. The average Bonchev–Trinajstić information content (AvgIpc) is 3.31. The first-order chi connectivity index (χ1) is 19.4. The predicted molar refractivity (Wildman–Crippen MR) is 167 cm³/mol. The van der Waals surface area contributed by atoms with Gasteiger partial charge in [-0.15, -0.1) is 0 Å². The molecule has 2 aliphatic rings. The maximum Gasteiger partial charge on any atom is 0.326 e. The molecule has 40 heavy (non-hydrogen) atoms. The van der Waals surface area contributed by atoms with Gasteiger partial charge in [-0.25, -0.2) is 4.79 Å². The van der Waals surface area contributed by atoms with Gasteiger partial charge in [-0.1, -0.05) is 49.6 Å². The Morgan fingerprint density at radius 3 is 2.58 bits per heavy atom. The van der Waals surface area contributed by atoms with Crippen molar-refractivity contribution in [3.63, 3.8) is 0 Å². The van der Waals surface area contributed by atoms with Crippen molar-refractivity contribution in [2.75, 3.05) is 32.3 Å². The molecule has 0 radical (unpaired) electrons. The summed E-state index contributed by atoms with van der Waals surface area (Å²) in [6.45, 7) is 4.61. The molecule has 2 aromatic carbocycles. The van der Waals surface area contributed by atoms with E-state index in [1.807, 2.05) is 49.6 Å². The number of hydrogen-bond acceptors (Lipinski definition) is 6. The van der Waals surface area contributed by atoms with E-state index in [1.54, 1.807) is 18.9 Å². The van der Waals surface area contributed by atoms with Crippen molar-refractivity contribution in [1.82, 2.24) is 10.2 Å². The van der Waals surface area contributed by atoms with Crippen molar-refractivity contribution in [1.29, 1.82) is 0 Å². The molecular weight excluding hydrogens is 540 g/mol. The maximum absolute atomic E-state index is 13.4. The van der Waals surface area contributed by atoms with Gasteiger partial charge in [-0.3, -0.25) is 9.69 Å². The first kappa shape index (κ1) is 30.9. The Hall–Kier alpha value is -2.00. The zero-order valence-corrected chi connectivity index (χ0v) is 25.7. The summed E-state index contributed by atoms with van der Waals surface area (Å²) in [5.74, 6) is -0.685. The van der Waals surface area contributed by atoms with E-state index < -0.39 is 12.0 Å². The lowest BCUT2D eigenvalue weighted by molar-refractivity contribution is -0.139. The molecule has 0 unspecified atom stereocenters. The Balaban J connectivity index is 1.56. The van der Waals surface area contributed by atoms with E-state index >= 15 is 0 Å². The van der Waals surface area contributed by atoms with Crippen LogP contribution in [0.25, 0.3) is 11.1 Å². The molecule has 6 nitrogen and oxygen atoms in total. The summed E-state index contributed by atoms with van der Waals surface area (Å²) in [4.78, 5) is 27.8. The SMILES string of the molecule is COC[C@@H]1C[C@@H](SC2CCCCC2)CN1Cc1ccc(C(=O)N[C@@H](CCSC)C(=O)O)c(-c2ccccc2C)c1. The highest BCUT2D eigenvalue weighted by Crippen LogP contribution is 2.37. The molecule has 0 spiro atoms. The predicted octanol–water partition coefficient (Wildman–Crippen LogP) is 6.25. The summed E-state index contributed by atoms with van der Waals surface area (Å²) in [5, 5.41) is 13.9. The second-order valence-electron chi connectivity index (χ2n) is 11.1. The number of thioether (sulfide) groups is 2. The Bertz CT molecular complexity index is 1140. The van der Waals surface area contributed by atoms with Crippen LogP contribution in [0.5, 0.6) is 0 Å². The Morgan fingerprint density at radius 1 is 1.10 bits per heavy atom. The van der Waals surface area contributed by atoms with Crippen LogP contribution in [-0.2, 0) is 16.1 Å². The molecule has 2 N–H and O–H groups in total. The number of nitrogens with zero attached hydrogens (tertiary/aromatic N) is 1. The molecule has 2 aromatic rings. The van der Waals surface area contributed by atoms with Crippen molar-refractivity contribution in [3.8, 4) is 11.1 Å². The molecule has 0 aromatic heterocycles. The third-order valence-corrected chi connectivity index (χ3v) is 10.4. The third-order valence-electron chi connectivity index (χ3n) is 8.15. The number of carboxylic acid groups (broad SMARTS) is 1. The summed E-state index contributed by atoms with van der Waals surface area (Å²) in [6.07, 6.45) is 10.3. The standard InChI is InChI=1S/C32H44N2O4S2/c1-22-9-7-8-12-27(22)29-17-23(13-14-28(29)31(35)33-30(32(36)37)15-16-39-3)19-34-20-26(18-24(34)21-38-2)40-25-10-5-4-6-11-25/h7-9,12-14,17,24-26,30H,4-6,10-11,15-16,18-21H2,1-3H3,(H,33,35)(H,36,37)/t24-,26+,30-/m0/s1. The van der Waals surface area contributed by atoms with Crippen LogP contribution in [0.2, 0.25) is 0 Å². The van der Waals surface area contributed by atoms with Crippen LogP contribution in [0.15, 0.2) is 42.5 Å². The van der Waals surface area contributed by atoms with E-state index in [0.29, 0.717) is 29.0 Å². The zero-order valence-electron chi connectivity index (χ0n) is 24.1. The number of likely N-dealkylation sites (tertiary alicyclic amines) is 1. The number of carbonyl (C=O) groups excluding carboxylic acids is 1. The number of rotatable bonds is 13. The van der Waals surface area contributed by atoms with Gasteiger partial charge in [0.25, 0.3) is 5.91 Å². The van der Waals surface area contributed by atoms with Gasteiger partial charge in [0, 0.05) is 42.3 Å². The molecule has 4 rings (SSSR count). The Morgan fingerprint density at radius 2 is 1.88 bits per heavy atom. The van der Waals surface area contributed by atoms with Crippen LogP contribution in [0.1, 0.15) is 66.4 Å². The maximum atomic E-state index is 13.4. The number of benzene rings is 2. The number of carbonyl (C=O) groups is 2. The molecule has 2 fully saturated rings. The summed E-state index contributed by atoms with van der Waals surface area (Å²) >= 11 is 3.77. The van der Waals surface area contributed by atoms with Crippen molar-refractivity contribution < 1.29 is 19.4 Å². The number of hydrogen-bond donors (Lipinski definition) is 2. The number of aryl methyl sites for hydroxylation is 1. The number of amides is 1. The van der Waals surface area contributed by atoms with Crippen molar-refractivity contribution in [3.05, 3.63) is 59.2 Å². The smallest absolute Gasteiger partial charge is 0.326 e. The fourth-order valence-electron chi connectivity index (χ4n) is 6.02. The lowest BCUT2D eigenvalue weighted by atomic mass is 9.93. The molecular formula is C32H44N2O4S2. The monoisotopic (exact) mass is 584 g/mol. The summed E-state index contributed by atoms with van der Waals surface area (Å²) in [5.41, 5.74) is 4.57. The quantitative estimate of drug-likeness (QED) is 0.288. The lowest BCUT2D eigenvalue weighted by Gasteiger charge is -2.25. The van der Waals surface area contributed by atoms with Crippen LogP contribution in [0, 0.1) is 6.92 Å². The molecule has 8 heteroatoms. The number of aliphatic carboxylic acids is 1. The number of carboxylic acids is 1. The zero-order chi connectivity index (χ0) is 28.5. The molecule has 0 bridgehead atoms. The summed E-state index contributed by atoms with van der Waals surface area (Å²) in [7, 11) is 1.78. The summed E-state index contributed by atoms with van der Waals surface area (Å²) in [6, 6.07) is 13.5. The van der Waals surface area contributed by atoms with Gasteiger partial charge in [0.1, 0.15) is 6.04 Å². The van der Waals surface area contributed by atoms with Gasteiger partial charge in [-0.05, 0) is 79.0 Å². The summed E-state index contributed by atoms with van der Waals surface area (Å²) < 4.78 is 5.62. The second kappa shape index (κ2) is 15.3. The van der Waals surface area contributed by atoms with Gasteiger partial charge in [-0.2, -0.15) is 23.5 Å². The molecule has 1 amide bonds. The molecule has 218 valence electrons. The fraction of sp³-hybridized carbons (Fsp3) is 0.562. The molecule has 3 atom stereocenters. The van der Waals surface area contributed by atoms with Crippen molar-refractivity contribution in [2.45, 2.75) is 81.0 Å². The van der Waals surface area contributed by atoms with Crippen LogP contribution < -0.4 is 5.32 Å². The van der Waals surface area contributed by atoms with E-state index in [0.717, 1.165) is 53.6 Å². The van der Waals surface area contributed by atoms with Gasteiger partial charge < -0.3 is 15.2 Å². The van der Waals surface area contributed by atoms with Gasteiger partial charge >= 0.3 is 5.97 Å². The van der Waals surface area contributed by atoms with E-state index in [1.165, 1.54) is 32.1 Å². The van der Waals surface area contributed by atoms with E-state index in [4.69, 9.17) is 4.74 Å². The molecule has 1 aliphatic carbocycles. The topological polar surface area (TPSA) is 78.9 Å². The molecule has 1 aliphatic heterocycles. The number of nitrogens with one attached hydrogen (secondary N) is 1. The fourth-order valence-corrected chi connectivity index (χ4v) is 8.25. The van der Waals surface area contributed by atoms with Crippen LogP contribution >= 0.6 is 23.5 Å². The minimum Gasteiger partial charge on any atom is -0.480 e.